The minimum Gasteiger partial charge on any atom is -0.598 e. The first kappa shape index (κ1) is 14.2. The number of fused-ring (bicyclic) bond motifs is 1. The summed E-state index contributed by atoms with van der Waals surface area (Å²) in [6.45, 7) is 7.71. The average Bonchev–Trinajstić information content (AvgIpc) is 2.69. The number of aromatic nitrogens is 4. The molecule has 2 aromatic rings. The van der Waals surface area contributed by atoms with E-state index >= 15 is 0 Å². The van der Waals surface area contributed by atoms with Crippen LogP contribution in [0.2, 0.25) is 0 Å². The molecule has 0 bridgehead atoms. The Morgan fingerprint density at radius 3 is 2.68 bits per heavy atom. The first-order valence-electron chi connectivity index (χ1n) is 6.12. The molecule has 0 radical (unpaired) electrons. The van der Waals surface area contributed by atoms with Gasteiger partial charge in [-0.25, -0.2) is 4.68 Å². The molecule has 2 rings (SSSR count). The molecule has 19 heavy (non-hydrogen) atoms. The van der Waals surface area contributed by atoms with Crippen molar-refractivity contribution in [3.63, 3.8) is 0 Å². The van der Waals surface area contributed by atoms with Crippen LogP contribution in [0, 0.1) is 0 Å². The van der Waals surface area contributed by atoms with Crippen LogP contribution in [0.5, 0.6) is 0 Å². The Bertz CT molecular complexity index is 577. The van der Waals surface area contributed by atoms with Crippen molar-refractivity contribution in [2.75, 3.05) is 0 Å². The van der Waals surface area contributed by atoms with Crippen LogP contribution >= 0.6 is 0 Å². The highest BCUT2D eigenvalue weighted by Crippen LogP contribution is 2.20. The fourth-order valence-electron chi connectivity index (χ4n) is 1.57. The molecule has 2 atom stereocenters. The standard InChI is InChI=1S/C12H19N5OS/c1-8(16-19(18)12(2,3)4)10-6-9-7-13-17(5)11(9)15-14-10/h6-8,16H,1-5H3/t8-,19-/m1/s1. The molecular formula is C12H19N5OS. The Morgan fingerprint density at radius 1 is 1.37 bits per heavy atom. The molecular weight excluding hydrogens is 262 g/mol. The van der Waals surface area contributed by atoms with Crippen LogP contribution in [-0.2, 0) is 18.4 Å². The molecule has 0 amide bonds. The Hall–Kier alpha value is -1.18. The summed E-state index contributed by atoms with van der Waals surface area (Å²) >= 11 is -1.14. The van der Waals surface area contributed by atoms with Crippen molar-refractivity contribution in [3.05, 3.63) is 18.0 Å². The van der Waals surface area contributed by atoms with E-state index in [1.165, 1.54) is 0 Å². The van der Waals surface area contributed by atoms with Gasteiger partial charge < -0.3 is 4.55 Å². The maximum absolute atomic E-state index is 12.1. The highest BCUT2D eigenvalue weighted by molar-refractivity contribution is 7.90. The molecule has 2 heterocycles. The van der Waals surface area contributed by atoms with Crippen LogP contribution in [0.3, 0.4) is 0 Å². The summed E-state index contributed by atoms with van der Waals surface area (Å²) in [6.07, 6.45) is 1.75. The zero-order valence-corrected chi connectivity index (χ0v) is 12.7. The van der Waals surface area contributed by atoms with Gasteiger partial charge in [0, 0.05) is 23.8 Å². The number of hydrogen-bond acceptors (Lipinski definition) is 5. The van der Waals surface area contributed by atoms with Gasteiger partial charge in [-0.15, -0.1) is 9.82 Å². The molecule has 0 saturated heterocycles. The summed E-state index contributed by atoms with van der Waals surface area (Å²) < 4.78 is 16.5. The molecule has 6 nitrogen and oxygen atoms in total. The van der Waals surface area contributed by atoms with E-state index in [-0.39, 0.29) is 10.8 Å². The van der Waals surface area contributed by atoms with E-state index in [1.807, 2.05) is 40.8 Å². The van der Waals surface area contributed by atoms with Gasteiger partial charge in [-0.1, -0.05) is 0 Å². The Kier molecular flexibility index (Phi) is 3.80. The van der Waals surface area contributed by atoms with Crippen LogP contribution in [0.1, 0.15) is 39.4 Å². The minimum absolute atomic E-state index is 0.128. The topological polar surface area (TPSA) is 78.7 Å². The quantitative estimate of drug-likeness (QED) is 0.862. The Morgan fingerprint density at radius 2 is 2.05 bits per heavy atom. The lowest BCUT2D eigenvalue weighted by Gasteiger charge is -2.26. The van der Waals surface area contributed by atoms with Gasteiger partial charge in [-0.05, 0) is 33.8 Å². The van der Waals surface area contributed by atoms with Crippen molar-refractivity contribution < 1.29 is 4.55 Å². The smallest absolute Gasteiger partial charge is 0.180 e. The van der Waals surface area contributed by atoms with E-state index in [0.717, 1.165) is 16.7 Å². The van der Waals surface area contributed by atoms with E-state index in [4.69, 9.17) is 0 Å². The molecule has 0 aliphatic carbocycles. The zero-order valence-electron chi connectivity index (χ0n) is 11.8. The van der Waals surface area contributed by atoms with E-state index in [0.29, 0.717) is 0 Å². The Labute approximate surface area is 115 Å². The lowest BCUT2D eigenvalue weighted by Crippen LogP contribution is -2.40. The molecule has 0 unspecified atom stereocenters. The number of aryl methyl sites for hydroxylation is 1. The minimum atomic E-state index is -1.14. The highest BCUT2D eigenvalue weighted by Gasteiger charge is 2.28. The third kappa shape index (κ3) is 3.05. The maximum atomic E-state index is 12.1. The fourth-order valence-corrected chi connectivity index (χ4v) is 2.37. The predicted octanol–water partition coefficient (Wildman–Crippen LogP) is 1.48. The number of hydrogen-bond donors (Lipinski definition) is 1. The third-order valence-corrected chi connectivity index (χ3v) is 4.46. The molecule has 7 heteroatoms. The normalized spacial score (nSPS) is 15.7. The molecule has 0 saturated carbocycles. The third-order valence-electron chi connectivity index (χ3n) is 2.78. The average molecular weight is 281 g/mol. The lowest BCUT2D eigenvalue weighted by atomic mass is 10.2. The maximum Gasteiger partial charge on any atom is 0.180 e. The van der Waals surface area contributed by atoms with Gasteiger partial charge in [0.25, 0.3) is 0 Å². The number of rotatable bonds is 3. The molecule has 0 aliphatic heterocycles. The first-order valence-corrected chi connectivity index (χ1v) is 7.27. The van der Waals surface area contributed by atoms with Crippen molar-refractivity contribution in [3.8, 4) is 0 Å². The van der Waals surface area contributed by atoms with E-state index in [1.54, 1.807) is 10.9 Å². The summed E-state index contributed by atoms with van der Waals surface area (Å²) in [5.74, 6) is 0. The van der Waals surface area contributed by atoms with E-state index in [2.05, 4.69) is 20.0 Å². The van der Waals surface area contributed by atoms with Crippen molar-refractivity contribution in [2.24, 2.45) is 7.05 Å². The second kappa shape index (κ2) is 5.07. The van der Waals surface area contributed by atoms with E-state index in [9.17, 15) is 4.55 Å². The van der Waals surface area contributed by atoms with Crippen LogP contribution < -0.4 is 4.72 Å². The van der Waals surface area contributed by atoms with Gasteiger partial charge in [-0.2, -0.15) is 10.2 Å². The summed E-state index contributed by atoms with van der Waals surface area (Å²) in [5, 5.41) is 13.4. The fraction of sp³-hybridized carbons (Fsp3) is 0.583. The molecule has 0 aromatic carbocycles. The Balaban J connectivity index is 2.19. The summed E-state index contributed by atoms with van der Waals surface area (Å²) in [5.41, 5.74) is 1.51. The predicted molar refractivity (Wildman–Crippen MR) is 75.8 cm³/mol. The molecule has 1 N–H and O–H groups in total. The van der Waals surface area contributed by atoms with Crippen molar-refractivity contribution in [2.45, 2.75) is 38.5 Å². The van der Waals surface area contributed by atoms with Crippen LogP contribution in [0.25, 0.3) is 11.0 Å². The highest BCUT2D eigenvalue weighted by atomic mass is 32.2. The van der Waals surface area contributed by atoms with Crippen molar-refractivity contribution in [1.29, 1.82) is 0 Å². The second-order valence-electron chi connectivity index (χ2n) is 5.54. The van der Waals surface area contributed by atoms with Gasteiger partial charge in [0.15, 0.2) is 5.65 Å². The van der Waals surface area contributed by atoms with Gasteiger partial charge in [0.05, 0.1) is 17.9 Å². The van der Waals surface area contributed by atoms with Crippen molar-refractivity contribution >= 4 is 22.4 Å². The second-order valence-corrected chi connectivity index (χ2v) is 7.53. The number of nitrogens with one attached hydrogen (secondary N) is 1. The van der Waals surface area contributed by atoms with Gasteiger partial charge in [0.1, 0.15) is 4.75 Å². The monoisotopic (exact) mass is 281 g/mol. The molecule has 0 fully saturated rings. The molecule has 0 aliphatic rings. The van der Waals surface area contributed by atoms with Gasteiger partial charge in [-0.3, -0.25) is 0 Å². The van der Waals surface area contributed by atoms with E-state index < -0.39 is 11.4 Å². The van der Waals surface area contributed by atoms with Crippen LogP contribution in [0.15, 0.2) is 12.3 Å². The summed E-state index contributed by atoms with van der Waals surface area (Å²) in [6, 6.07) is 1.80. The zero-order chi connectivity index (χ0) is 14.2. The van der Waals surface area contributed by atoms with Crippen molar-refractivity contribution in [1.82, 2.24) is 24.7 Å². The van der Waals surface area contributed by atoms with Gasteiger partial charge >= 0.3 is 0 Å². The molecule has 2 aromatic heterocycles. The lowest BCUT2D eigenvalue weighted by molar-refractivity contribution is 0.528. The van der Waals surface area contributed by atoms with Crippen LogP contribution in [0.4, 0.5) is 0 Å². The first-order chi connectivity index (χ1) is 8.79. The SMILES string of the molecule is C[C@@H](N[S@+]([O-])C(C)(C)C)c1cc2cnn(C)c2nn1. The summed E-state index contributed by atoms with van der Waals surface area (Å²) in [7, 11) is 1.83. The largest absolute Gasteiger partial charge is 0.598 e. The van der Waals surface area contributed by atoms with Gasteiger partial charge in [0.2, 0.25) is 0 Å². The number of nitrogens with zero attached hydrogens (tertiary/aromatic N) is 4. The summed E-state index contributed by atoms with van der Waals surface area (Å²) in [4.78, 5) is 0. The van der Waals surface area contributed by atoms with Crippen LogP contribution in [-0.4, -0.2) is 29.3 Å². The molecule has 104 valence electrons. The molecule has 0 spiro atoms.